The number of nitrogens with zero attached hydrogens (tertiary/aromatic N) is 2. The maximum Gasteiger partial charge on any atom is 0.264 e. The molecule has 276 valence electrons. The lowest BCUT2D eigenvalue weighted by Crippen LogP contribution is -2.52. The zero-order valence-corrected chi connectivity index (χ0v) is 31.8. The Balaban J connectivity index is 1.22. The molecule has 3 aromatic rings. The van der Waals surface area contributed by atoms with Crippen molar-refractivity contribution in [3.05, 3.63) is 83.9 Å². The lowest BCUT2D eigenvalue weighted by Gasteiger charge is -2.37. The van der Waals surface area contributed by atoms with Crippen molar-refractivity contribution in [3.63, 3.8) is 0 Å². The maximum atomic E-state index is 15.1. The van der Waals surface area contributed by atoms with Crippen LogP contribution in [-0.2, 0) is 31.3 Å². The van der Waals surface area contributed by atoms with E-state index in [9.17, 15) is 14.7 Å². The third-order valence-electron chi connectivity index (χ3n) is 12.2. The summed E-state index contributed by atoms with van der Waals surface area (Å²) in [5, 5.41) is 17.7. The maximum absolute atomic E-state index is 15.1. The van der Waals surface area contributed by atoms with Crippen molar-refractivity contribution < 1.29 is 29.0 Å². The molecule has 0 bridgehead atoms. The van der Waals surface area contributed by atoms with Gasteiger partial charge in [-0.05, 0) is 73.7 Å². The van der Waals surface area contributed by atoms with Crippen LogP contribution in [0.2, 0.25) is 18.6 Å². The van der Waals surface area contributed by atoms with E-state index in [1.165, 1.54) is 5.19 Å². The molecule has 0 saturated carbocycles. The van der Waals surface area contributed by atoms with Crippen LogP contribution >= 0.6 is 0 Å². The van der Waals surface area contributed by atoms with Crippen molar-refractivity contribution in [2.24, 2.45) is 11.8 Å². The van der Waals surface area contributed by atoms with Crippen molar-refractivity contribution in [2.45, 2.75) is 82.0 Å². The van der Waals surface area contributed by atoms with Crippen LogP contribution in [0.3, 0.4) is 0 Å². The Labute approximate surface area is 307 Å². The first kappa shape index (κ1) is 36.3. The fraction of sp³-hybridized carbons (Fsp3) is 0.488. The van der Waals surface area contributed by atoms with Crippen molar-refractivity contribution in [3.8, 4) is 5.75 Å². The highest BCUT2D eigenvalue weighted by atomic mass is 28.3. The van der Waals surface area contributed by atoms with Crippen LogP contribution < -0.4 is 25.5 Å². The van der Waals surface area contributed by atoms with Crippen LogP contribution in [0.1, 0.15) is 50.2 Å². The standard InChI is InChI=1S/C41H52N4O6Si/c1-27-38(52(3,4)33-18-16-32(50-2)17-19-33)36(23-37(47)44-21-9-13-31(44)26-46)51-41(27)34-14-5-6-15-35(34)45(40(41)49)25-28-10-7-12-30(22-28)43-39(48)29-11-8-20-42-24-29/h5-7,10,12,14-19,22,27,29,31,36,38,42,46H,8-9,11,13,20-21,23-26H2,1-4H3,(H,43,48)/t27-,29?,31+,36+,38-,41+/m1/s1. The summed E-state index contributed by atoms with van der Waals surface area (Å²) in [5.74, 6) is 0.320. The van der Waals surface area contributed by atoms with Crippen molar-refractivity contribution >= 4 is 42.4 Å². The number of benzene rings is 3. The van der Waals surface area contributed by atoms with Gasteiger partial charge in [0.25, 0.3) is 5.91 Å². The lowest BCUT2D eigenvalue weighted by molar-refractivity contribution is -0.150. The number of piperidine rings is 1. The summed E-state index contributed by atoms with van der Waals surface area (Å²) in [6.07, 6.45) is 3.14. The summed E-state index contributed by atoms with van der Waals surface area (Å²) in [6, 6.07) is 23.7. The monoisotopic (exact) mass is 724 g/mol. The molecule has 1 spiro atoms. The summed E-state index contributed by atoms with van der Waals surface area (Å²) in [7, 11) is -0.777. The summed E-state index contributed by atoms with van der Waals surface area (Å²) in [6.45, 7) is 9.25. The van der Waals surface area contributed by atoms with E-state index in [0.29, 0.717) is 25.3 Å². The number of likely N-dealkylation sites (tertiary alicyclic amines) is 1. The highest BCUT2D eigenvalue weighted by Crippen LogP contribution is 2.60. The van der Waals surface area contributed by atoms with E-state index in [0.717, 1.165) is 54.8 Å². The molecule has 0 aliphatic carbocycles. The van der Waals surface area contributed by atoms with Gasteiger partial charge in [0.1, 0.15) is 5.75 Å². The largest absolute Gasteiger partial charge is 0.497 e. The van der Waals surface area contributed by atoms with Crippen LogP contribution in [0.4, 0.5) is 11.4 Å². The molecule has 4 heterocycles. The number of anilines is 2. The Morgan fingerprint density at radius 2 is 1.85 bits per heavy atom. The number of para-hydroxylation sites is 1. The molecule has 3 aromatic carbocycles. The zero-order chi connectivity index (χ0) is 36.6. The van der Waals surface area contributed by atoms with Gasteiger partial charge in [0.05, 0.1) is 58.5 Å². The number of fused-ring (bicyclic) bond motifs is 2. The molecular formula is C41H52N4O6Si. The molecule has 4 aliphatic heterocycles. The molecule has 3 saturated heterocycles. The van der Waals surface area contributed by atoms with Crippen LogP contribution in [0.25, 0.3) is 0 Å². The molecule has 10 nitrogen and oxygen atoms in total. The number of hydrogen-bond acceptors (Lipinski definition) is 7. The summed E-state index contributed by atoms with van der Waals surface area (Å²) in [5.41, 5.74) is 1.88. The molecule has 11 heteroatoms. The Kier molecular flexibility index (Phi) is 10.3. The lowest BCUT2D eigenvalue weighted by atomic mass is 9.82. The predicted octanol–water partition coefficient (Wildman–Crippen LogP) is 4.77. The highest BCUT2D eigenvalue weighted by molar-refractivity contribution is 6.91. The number of aliphatic hydroxyl groups excluding tert-OH is 1. The Morgan fingerprint density at radius 3 is 2.58 bits per heavy atom. The SMILES string of the molecule is COc1ccc([Si](C)(C)[C@H]2[C@H](CC(=O)N3CCC[C@H]3CO)O[C@@]3(C(=O)N(Cc4cccc(NC(=O)C5CCCNC5)c4)c4ccccc43)[C@@H]2C)cc1. The number of amides is 3. The quantitative estimate of drug-likeness (QED) is 0.258. The predicted molar refractivity (Wildman–Crippen MR) is 204 cm³/mol. The number of aliphatic hydroxyl groups is 1. The van der Waals surface area contributed by atoms with Crippen LogP contribution in [0.5, 0.6) is 5.75 Å². The molecule has 3 N–H and O–H groups in total. The van der Waals surface area contributed by atoms with E-state index in [4.69, 9.17) is 9.47 Å². The van der Waals surface area contributed by atoms with Crippen LogP contribution in [0.15, 0.2) is 72.8 Å². The molecule has 7 rings (SSSR count). The Hall–Kier alpha value is -4.03. The van der Waals surface area contributed by atoms with Crippen molar-refractivity contribution in [1.82, 2.24) is 10.2 Å². The van der Waals surface area contributed by atoms with Gasteiger partial charge in [0.2, 0.25) is 11.8 Å². The average molecular weight is 725 g/mol. The second kappa shape index (κ2) is 14.8. The third-order valence-corrected chi connectivity index (χ3v) is 16.6. The van der Waals surface area contributed by atoms with E-state index in [-0.39, 0.29) is 54.2 Å². The van der Waals surface area contributed by atoms with E-state index < -0.39 is 19.8 Å². The van der Waals surface area contributed by atoms with Gasteiger partial charge in [-0.2, -0.15) is 0 Å². The van der Waals surface area contributed by atoms with Gasteiger partial charge in [0, 0.05) is 30.3 Å². The van der Waals surface area contributed by atoms with Gasteiger partial charge in [-0.15, -0.1) is 0 Å². The smallest absolute Gasteiger partial charge is 0.264 e. The van der Waals surface area contributed by atoms with E-state index in [2.05, 4.69) is 42.8 Å². The minimum Gasteiger partial charge on any atom is -0.497 e. The van der Waals surface area contributed by atoms with Gasteiger partial charge in [-0.3, -0.25) is 14.4 Å². The van der Waals surface area contributed by atoms with Gasteiger partial charge in [-0.25, -0.2) is 0 Å². The topological polar surface area (TPSA) is 120 Å². The van der Waals surface area contributed by atoms with Crippen LogP contribution in [-0.4, -0.2) is 81.3 Å². The van der Waals surface area contributed by atoms with Crippen molar-refractivity contribution in [2.75, 3.05) is 43.6 Å². The second-order valence-electron chi connectivity index (χ2n) is 15.6. The molecule has 52 heavy (non-hydrogen) atoms. The average Bonchev–Trinajstić information content (AvgIpc) is 3.83. The normalized spacial score (nSPS) is 27.2. The van der Waals surface area contributed by atoms with E-state index >= 15 is 4.79 Å². The minimum atomic E-state index is -2.43. The number of carbonyl (C=O) groups excluding carboxylic acids is 3. The van der Waals surface area contributed by atoms with Crippen LogP contribution in [0, 0.1) is 11.8 Å². The highest BCUT2D eigenvalue weighted by Gasteiger charge is 2.66. The molecule has 0 aromatic heterocycles. The first-order valence-corrected chi connectivity index (χ1v) is 21.9. The molecule has 3 fully saturated rings. The molecule has 4 aliphatic rings. The molecular weight excluding hydrogens is 673 g/mol. The van der Waals surface area contributed by atoms with Gasteiger partial charge in [0.15, 0.2) is 5.60 Å². The summed E-state index contributed by atoms with van der Waals surface area (Å²) >= 11 is 0. The van der Waals surface area contributed by atoms with Gasteiger partial charge in [-0.1, -0.05) is 67.7 Å². The molecule has 1 unspecified atom stereocenters. The third kappa shape index (κ3) is 6.46. The zero-order valence-electron chi connectivity index (χ0n) is 30.8. The number of ether oxygens (including phenoxy) is 2. The molecule has 6 atom stereocenters. The van der Waals surface area contributed by atoms with E-state index in [1.54, 1.807) is 7.11 Å². The second-order valence-corrected chi connectivity index (χ2v) is 20.3. The fourth-order valence-corrected chi connectivity index (χ4v) is 13.5. The first-order valence-electron chi connectivity index (χ1n) is 18.8. The van der Waals surface area contributed by atoms with E-state index in [1.807, 2.05) is 70.5 Å². The number of carbonyl (C=O) groups is 3. The number of hydrogen-bond donors (Lipinski definition) is 3. The van der Waals surface area contributed by atoms with Gasteiger partial charge >= 0.3 is 0 Å². The Morgan fingerprint density at radius 1 is 1.06 bits per heavy atom. The number of nitrogens with one attached hydrogen (secondary N) is 2. The first-order chi connectivity index (χ1) is 25.1. The summed E-state index contributed by atoms with van der Waals surface area (Å²) in [4.78, 5) is 45.8. The van der Waals surface area contributed by atoms with Crippen molar-refractivity contribution in [1.29, 1.82) is 0 Å². The Bertz CT molecular complexity index is 1800. The summed E-state index contributed by atoms with van der Waals surface area (Å²) < 4.78 is 12.7. The molecule has 0 radical (unpaired) electrons. The number of rotatable bonds is 10. The van der Waals surface area contributed by atoms with Gasteiger partial charge < -0.3 is 35.0 Å². The number of methoxy groups -OCH3 is 1. The fourth-order valence-electron chi connectivity index (χ4n) is 9.52. The molecule has 3 amide bonds. The minimum absolute atomic E-state index is 0.00795.